The van der Waals surface area contributed by atoms with Gasteiger partial charge in [-0.25, -0.2) is 4.98 Å². The molecule has 1 aromatic rings. The van der Waals surface area contributed by atoms with E-state index >= 15 is 0 Å². The van der Waals surface area contributed by atoms with E-state index in [1.165, 1.54) is 6.42 Å². The third-order valence-electron chi connectivity index (χ3n) is 4.61. The summed E-state index contributed by atoms with van der Waals surface area (Å²) in [6.07, 6.45) is 5.34. The van der Waals surface area contributed by atoms with E-state index < -0.39 is 0 Å². The van der Waals surface area contributed by atoms with Gasteiger partial charge in [-0.15, -0.1) is 0 Å². The molecule has 1 atom stereocenters. The van der Waals surface area contributed by atoms with Gasteiger partial charge in [0.25, 0.3) is 0 Å². The number of rotatable bonds is 3. The van der Waals surface area contributed by atoms with Crippen LogP contribution in [0, 0.1) is 0 Å². The number of nitrogens with zero attached hydrogens (tertiary/aromatic N) is 5. The Morgan fingerprint density at radius 1 is 1.19 bits per heavy atom. The summed E-state index contributed by atoms with van der Waals surface area (Å²) >= 11 is 0. The molecule has 1 aromatic heterocycles. The monoisotopic (exact) mass is 290 g/mol. The van der Waals surface area contributed by atoms with Crippen LogP contribution in [0.25, 0.3) is 0 Å². The van der Waals surface area contributed by atoms with Gasteiger partial charge in [0, 0.05) is 45.5 Å². The fraction of sp³-hybridized carbons (Fsp3) is 0.733. The van der Waals surface area contributed by atoms with Crippen molar-refractivity contribution in [2.45, 2.75) is 31.3 Å². The summed E-state index contributed by atoms with van der Waals surface area (Å²) in [6.45, 7) is 4.44. The summed E-state index contributed by atoms with van der Waals surface area (Å²) in [7, 11) is 3.95. The number of hydrogen-bond acceptors (Lipinski definition) is 6. The zero-order chi connectivity index (χ0) is 14.8. The minimum absolute atomic E-state index is 0.406. The minimum atomic E-state index is 0.406. The molecule has 0 spiro atoms. The lowest BCUT2D eigenvalue weighted by Crippen LogP contribution is -2.46. The highest BCUT2D eigenvalue weighted by molar-refractivity contribution is 5.44. The van der Waals surface area contributed by atoms with Crippen molar-refractivity contribution in [2.24, 2.45) is 5.73 Å². The first-order valence-electron chi connectivity index (χ1n) is 7.88. The minimum Gasteiger partial charge on any atom is -0.355 e. The molecular formula is C15H26N6. The molecular weight excluding hydrogens is 264 g/mol. The largest absolute Gasteiger partial charge is 0.355 e. The molecule has 3 heterocycles. The zero-order valence-corrected chi connectivity index (χ0v) is 13.1. The topological polar surface area (TPSA) is 61.5 Å². The lowest BCUT2D eigenvalue weighted by molar-refractivity contribution is 0.163. The van der Waals surface area contributed by atoms with Crippen molar-refractivity contribution in [3.05, 3.63) is 12.3 Å². The van der Waals surface area contributed by atoms with Gasteiger partial charge in [0.05, 0.1) is 0 Å². The molecule has 0 bridgehead atoms. The quantitative estimate of drug-likeness (QED) is 0.877. The third kappa shape index (κ3) is 3.27. The van der Waals surface area contributed by atoms with Gasteiger partial charge >= 0.3 is 0 Å². The summed E-state index contributed by atoms with van der Waals surface area (Å²) in [5.74, 6) is 1.82. The number of hydrogen-bond donors (Lipinski definition) is 1. The van der Waals surface area contributed by atoms with Crippen molar-refractivity contribution in [1.29, 1.82) is 0 Å². The molecule has 0 aromatic carbocycles. The van der Waals surface area contributed by atoms with Crippen LogP contribution in [0.15, 0.2) is 12.3 Å². The molecule has 0 aliphatic carbocycles. The highest BCUT2D eigenvalue weighted by Gasteiger charge is 2.30. The first-order valence-corrected chi connectivity index (χ1v) is 7.88. The number of nitrogens with two attached hydrogens (primary N) is 1. The lowest BCUT2D eigenvalue weighted by Gasteiger charge is -2.34. The molecule has 6 heteroatoms. The van der Waals surface area contributed by atoms with E-state index in [4.69, 9.17) is 5.73 Å². The van der Waals surface area contributed by atoms with Gasteiger partial charge in [-0.1, -0.05) is 0 Å². The molecule has 0 saturated carbocycles. The van der Waals surface area contributed by atoms with Crippen LogP contribution < -0.4 is 15.5 Å². The van der Waals surface area contributed by atoms with Crippen molar-refractivity contribution < 1.29 is 0 Å². The average molecular weight is 290 g/mol. The van der Waals surface area contributed by atoms with Gasteiger partial charge in [0.15, 0.2) is 0 Å². The van der Waals surface area contributed by atoms with E-state index in [1.807, 2.05) is 31.3 Å². The van der Waals surface area contributed by atoms with Gasteiger partial charge in [-0.05, 0) is 38.4 Å². The molecule has 2 aliphatic heterocycles. The van der Waals surface area contributed by atoms with Gasteiger partial charge in [-0.3, -0.25) is 4.90 Å². The first-order chi connectivity index (χ1) is 10.1. The van der Waals surface area contributed by atoms with Crippen LogP contribution in [-0.4, -0.2) is 67.2 Å². The summed E-state index contributed by atoms with van der Waals surface area (Å²) < 4.78 is 0. The molecule has 2 N–H and O–H groups in total. The third-order valence-corrected chi connectivity index (χ3v) is 4.61. The van der Waals surface area contributed by atoms with E-state index in [2.05, 4.69) is 19.8 Å². The molecule has 116 valence electrons. The van der Waals surface area contributed by atoms with Crippen LogP contribution in [0.2, 0.25) is 0 Å². The summed E-state index contributed by atoms with van der Waals surface area (Å²) in [5.41, 5.74) is 6.00. The Kier molecular flexibility index (Phi) is 4.26. The Balaban J connectivity index is 1.63. The van der Waals surface area contributed by atoms with Crippen LogP contribution in [0.5, 0.6) is 0 Å². The Bertz CT molecular complexity index is 469. The highest BCUT2D eigenvalue weighted by atomic mass is 15.3. The maximum Gasteiger partial charge on any atom is 0.226 e. The second-order valence-electron chi connectivity index (χ2n) is 6.37. The number of piperidine rings is 1. The van der Waals surface area contributed by atoms with E-state index in [-0.39, 0.29) is 0 Å². The lowest BCUT2D eigenvalue weighted by atomic mass is 10.0. The van der Waals surface area contributed by atoms with Crippen molar-refractivity contribution >= 4 is 11.8 Å². The van der Waals surface area contributed by atoms with Gasteiger partial charge in [-0.2, -0.15) is 4.98 Å². The van der Waals surface area contributed by atoms with Gasteiger partial charge in [0.1, 0.15) is 5.82 Å². The van der Waals surface area contributed by atoms with E-state index in [0.29, 0.717) is 12.1 Å². The molecule has 2 fully saturated rings. The molecule has 2 saturated heterocycles. The Morgan fingerprint density at radius 2 is 1.95 bits per heavy atom. The Hall–Kier alpha value is -1.40. The van der Waals surface area contributed by atoms with Gasteiger partial charge < -0.3 is 15.5 Å². The smallest absolute Gasteiger partial charge is 0.226 e. The Labute approximate surface area is 126 Å². The maximum absolute atomic E-state index is 6.00. The second-order valence-corrected chi connectivity index (χ2v) is 6.37. The van der Waals surface area contributed by atoms with Crippen molar-refractivity contribution in [3.63, 3.8) is 0 Å². The zero-order valence-electron chi connectivity index (χ0n) is 13.1. The van der Waals surface area contributed by atoms with Crippen molar-refractivity contribution in [2.75, 3.05) is 50.1 Å². The van der Waals surface area contributed by atoms with Crippen LogP contribution in [0.4, 0.5) is 11.8 Å². The number of anilines is 2. The molecule has 21 heavy (non-hydrogen) atoms. The van der Waals surface area contributed by atoms with E-state index in [1.54, 1.807) is 0 Å². The van der Waals surface area contributed by atoms with Crippen LogP contribution in [-0.2, 0) is 0 Å². The fourth-order valence-electron chi connectivity index (χ4n) is 3.26. The van der Waals surface area contributed by atoms with Crippen LogP contribution in [0.3, 0.4) is 0 Å². The summed E-state index contributed by atoms with van der Waals surface area (Å²) in [4.78, 5) is 15.9. The summed E-state index contributed by atoms with van der Waals surface area (Å²) in [5, 5.41) is 0. The van der Waals surface area contributed by atoms with Crippen LogP contribution >= 0.6 is 0 Å². The predicted octanol–water partition coefficient (Wildman–Crippen LogP) is 0.544. The van der Waals surface area contributed by atoms with E-state index in [9.17, 15) is 0 Å². The summed E-state index contributed by atoms with van der Waals surface area (Å²) in [6, 6.07) is 3.07. The van der Waals surface area contributed by atoms with Crippen LogP contribution in [0.1, 0.15) is 19.3 Å². The molecule has 0 radical (unpaired) electrons. The molecule has 3 rings (SSSR count). The number of likely N-dealkylation sites (tertiary alicyclic amines) is 1. The molecule has 0 amide bonds. The standard InChI is InChI=1S/C15H26N6/c1-19(2)15-17-7-3-14(18-15)21-10-6-13(11-21)20-8-4-12(16)5-9-20/h3,7,12-13H,4-6,8-11,16H2,1-2H3. The SMILES string of the molecule is CN(C)c1nccc(N2CCC(N3CCC(N)CC3)C2)n1. The van der Waals surface area contributed by atoms with Crippen molar-refractivity contribution in [1.82, 2.24) is 14.9 Å². The van der Waals surface area contributed by atoms with Crippen molar-refractivity contribution in [3.8, 4) is 0 Å². The molecule has 6 nitrogen and oxygen atoms in total. The molecule has 2 aliphatic rings. The average Bonchev–Trinajstić information content (AvgIpc) is 2.98. The predicted molar refractivity (Wildman–Crippen MR) is 85.8 cm³/mol. The Morgan fingerprint density at radius 3 is 2.67 bits per heavy atom. The van der Waals surface area contributed by atoms with E-state index in [0.717, 1.165) is 50.8 Å². The van der Waals surface area contributed by atoms with Gasteiger partial charge in [0.2, 0.25) is 5.95 Å². The highest BCUT2D eigenvalue weighted by Crippen LogP contribution is 2.24. The maximum atomic E-state index is 6.00. The fourth-order valence-corrected chi connectivity index (χ4v) is 3.26. The normalized spacial score (nSPS) is 24.5. The first kappa shape index (κ1) is 14.5. The molecule has 1 unspecified atom stereocenters. The number of aromatic nitrogens is 2. The second kappa shape index (κ2) is 6.15.